The molecule has 1 amide bonds. The van der Waals surface area contributed by atoms with Crippen LogP contribution in [0.3, 0.4) is 0 Å². The average molecular weight is 369 g/mol. The van der Waals surface area contributed by atoms with E-state index in [0.717, 1.165) is 11.3 Å². The second-order valence-electron chi connectivity index (χ2n) is 5.38. The van der Waals surface area contributed by atoms with Crippen LogP contribution in [0.25, 0.3) is 6.08 Å². The number of amides is 1. The molecular formula is C15H15NO4S3. The van der Waals surface area contributed by atoms with E-state index in [1.807, 2.05) is 24.3 Å². The largest absolute Gasteiger partial charge is 0.497 e. The van der Waals surface area contributed by atoms with Crippen molar-refractivity contribution in [3.05, 3.63) is 34.7 Å². The number of thioether (sulfide) groups is 1. The van der Waals surface area contributed by atoms with Crippen LogP contribution in [-0.4, -0.2) is 48.2 Å². The first-order valence-electron chi connectivity index (χ1n) is 7.01. The molecule has 0 spiro atoms. The number of rotatable bonds is 3. The lowest BCUT2D eigenvalue weighted by atomic mass is 10.2. The van der Waals surface area contributed by atoms with Crippen molar-refractivity contribution in [2.45, 2.75) is 12.5 Å². The van der Waals surface area contributed by atoms with E-state index in [2.05, 4.69) is 0 Å². The Bertz CT molecular complexity index is 783. The summed E-state index contributed by atoms with van der Waals surface area (Å²) in [6.45, 7) is 0. The van der Waals surface area contributed by atoms with Gasteiger partial charge in [-0.05, 0) is 30.2 Å². The third-order valence-electron chi connectivity index (χ3n) is 3.81. The lowest BCUT2D eigenvalue weighted by Gasteiger charge is -2.20. The number of nitrogens with zero attached hydrogens (tertiary/aromatic N) is 1. The molecule has 23 heavy (non-hydrogen) atoms. The van der Waals surface area contributed by atoms with E-state index in [9.17, 15) is 13.2 Å². The summed E-state index contributed by atoms with van der Waals surface area (Å²) in [5.41, 5.74) is 0.866. The van der Waals surface area contributed by atoms with Gasteiger partial charge in [0.25, 0.3) is 5.91 Å². The smallest absolute Gasteiger partial charge is 0.266 e. The Kier molecular flexibility index (Phi) is 4.48. The highest BCUT2D eigenvalue weighted by Gasteiger charge is 2.42. The quantitative estimate of drug-likeness (QED) is 0.600. The summed E-state index contributed by atoms with van der Waals surface area (Å²) in [6, 6.07) is 7.00. The van der Waals surface area contributed by atoms with E-state index in [-0.39, 0.29) is 23.5 Å². The maximum absolute atomic E-state index is 12.6. The van der Waals surface area contributed by atoms with Gasteiger partial charge in [0.1, 0.15) is 10.1 Å². The van der Waals surface area contributed by atoms with Crippen molar-refractivity contribution in [3.8, 4) is 5.75 Å². The van der Waals surface area contributed by atoms with Gasteiger partial charge in [0.2, 0.25) is 0 Å². The van der Waals surface area contributed by atoms with Crippen LogP contribution in [0.2, 0.25) is 0 Å². The number of hydrogen-bond acceptors (Lipinski definition) is 6. The Morgan fingerprint density at radius 2 is 2.04 bits per heavy atom. The molecule has 5 nitrogen and oxygen atoms in total. The molecule has 0 unspecified atom stereocenters. The third-order valence-corrected chi connectivity index (χ3v) is 6.89. The van der Waals surface area contributed by atoms with E-state index in [1.54, 1.807) is 13.2 Å². The van der Waals surface area contributed by atoms with Gasteiger partial charge >= 0.3 is 0 Å². The molecule has 0 radical (unpaired) electrons. The Balaban J connectivity index is 1.81. The fraction of sp³-hybridized carbons (Fsp3) is 0.333. The first-order chi connectivity index (χ1) is 10.9. The molecule has 2 aliphatic heterocycles. The molecule has 2 aliphatic rings. The lowest BCUT2D eigenvalue weighted by molar-refractivity contribution is -0.123. The van der Waals surface area contributed by atoms with Gasteiger partial charge in [-0.2, -0.15) is 0 Å². The number of ether oxygens (including phenoxy) is 1. The van der Waals surface area contributed by atoms with Crippen LogP contribution < -0.4 is 4.74 Å². The topological polar surface area (TPSA) is 63.7 Å². The normalized spacial score (nSPS) is 25.3. The first-order valence-corrected chi connectivity index (χ1v) is 10.1. The molecule has 3 rings (SSSR count). The predicted molar refractivity (Wildman–Crippen MR) is 95.1 cm³/mol. The van der Waals surface area contributed by atoms with Gasteiger partial charge in [-0.15, -0.1) is 0 Å². The van der Waals surface area contributed by atoms with Gasteiger partial charge in [0, 0.05) is 0 Å². The molecule has 0 bridgehead atoms. The fourth-order valence-electron chi connectivity index (χ4n) is 2.63. The summed E-state index contributed by atoms with van der Waals surface area (Å²) in [6.07, 6.45) is 2.22. The molecule has 1 atom stereocenters. The molecule has 2 saturated heterocycles. The van der Waals surface area contributed by atoms with Crippen molar-refractivity contribution < 1.29 is 17.9 Å². The number of hydrogen-bond donors (Lipinski definition) is 0. The maximum Gasteiger partial charge on any atom is 0.266 e. The summed E-state index contributed by atoms with van der Waals surface area (Å²) in [5, 5.41) is 0. The van der Waals surface area contributed by atoms with Crippen LogP contribution in [0, 0.1) is 0 Å². The summed E-state index contributed by atoms with van der Waals surface area (Å²) in [4.78, 5) is 14.5. The lowest BCUT2D eigenvalue weighted by Crippen LogP contribution is -2.39. The van der Waals surface area contributed by atoms with Crippen molar-refractivity contribution in [1.82, 2.24) is 4.90 Å². The van der Waals surface area contributed by atoms with Gasteiger partial charge in [0.05, 0.1) is 29.6 Å². The van der Waals surface area contributed by atoms with Crippen molar-refractivity contribution in [1.29, 1.82) is 0 Å². The molecule has 2 fully saturated rings. The second kappa shape index (κ2) is 6.26. The molecule has 0 N–H and O–H groups in total. The highest BCUT2D eigenvalue weighted by molar-refractivity contribution is 8.26. The predicted octanol–water partition coefficient (Wildman–Crippen LogP) is 2.08. The average Bonchev–Trinajstić information content (AvgIpc) is 2.99. The van der Waals surface area contributed by atoms with Crippen LogP contribution in [0.5, 0.6) is 5.75 Å². The maximum atomic E-state index is 12.6. The van der Waals surface area contributed by atoms with Crippen molar-refractivity contribution >= 4 is 50.1 Å². The molecule has 2 heterocycles. The number of thiocarbonyl (C=S) groups is 1. The van der Waals surface area contributed by atoms with Gasteiger partial charge in [-0.25, -0.2) is 8.42 Å². The standard InChI is InChI=1S/C15H15NO4S3/c1-20-12-4-2-10(3-5-12)8-13-14(17)16(15(21)22-13)11-6-7-23(18,19)9-11/h2-5,8,11H,6-7,9H2,1H3/b13-8-/t11-/m0/s1. The van der Waals surface area contributed by atoms with E-state index in [4.69, 9.17) is 17.0 Å². The van der Waals surface area contributed by atoms with Crippen molar-refractivity contribution in [2.75, 3.05) is 18.6 Å². The number of methoxy groups -OCH3 is 1. The Morgan fingerprint density at radius 1 is 1.35 bits per heavy atom. The zero-order chi connectivity index (χ0) is 16.6. The Labute approximate surface area is 144 Å². The Hall–Kier alpha value is -1.38. The van der Waals surface area contributed by atoms with Crippen molar-refractivity contribution in [3.63, 3.8) is 0 Å². The molecular weight excluding hydrogens is 354 g/mol. The second-order valence-corrected chi connectivity index (χ2v) is 9.29. The minimum atomic E-state index is -3.06. The molecule has 1 aromatic rings. The summed E-state index contributed by atoms with van der Waals surface area (Å²) < 4.78 is 28.8. The first kappa shape index (κ1) is 16.5. The molecule has 0 aromatic heterocycles. The summed E-state index contributed by atoms with van der Waals surface area (Å²) >= 11 is 6.49. The van der Waals surface area contributed by atoms with E-state index >= 15 is 0 Å². The van der Waals surface area contributed by atoms with Crippen LogP contribution in [-0.2, 0) is 14.6 Å². The van der Waals surface area contributed by atoms with Gasteiger partial charge < -0.3 is 4.74 Å². The van der Waals surface area contributed by atoms with Gasteiger partial charge in [-0.1, -0.05) is 36.1 Å². The molecule has 1 aromatic carbocycles. The van der Waals surface area contributed by atoms with Crippen LogP contribution in [0.4, 0.5) is 0 Å². The number of carbonyl (C=O) groups is 1. The van der Waals surface area contributed by atoms with Crippen LogP contribution in [0.1, 0.15) is 12.0 Å². The molecule has 0 saturated carbocycles. The number of sulfone groups is 1. The minimum Gasteiger partial charge on any atom is -0.497 e. The highest BCUT2D eigenvalue weighted by Crippen LogP contribution is 2.36. The molecule has 0 aliphatic carbocycles. The third kappa shape index (κ3) is 3.44. The molecule has 122 valence electrons. The summed E-state index contributed by atoms with van der Waals surface area (Å²) in [7, 11) is -1.47. The van der Waals surface area contributed by atoms with Crippen LogP contribution >= 0.6 is 24.0 Å². The number of carbonyl (C=O) groups excluding carboxylic acids is 1. The SMILES string of the molecule is COc1ccc(/C=C2\SC(=S)N([C@H]3CCS(=O)(=O)C3)C2=O)cc1. The minimum absolute atomic E-state index is 0.00471. The Morgan fingerprint density at radius 3 is 2.61 bits per heavy atom. The summed E-state index contributed by atoms with van der Waals surface area (Å²) in [5.74, 6) is 0.644. The van der Waals surface area contributed by atoms with Gasteiger partial charge in [-0.3, -0.25) is 9.69 Å². The highest BCUT2D eigenvalue weighted by atomic mass is 32.2. The zero-order valence-electron chi connectivity index (χ0n) is 12.4. The van der Waals surface area contributed by atoms with Crippen LogP contribution in [0.15, 0.2) is 29.2 Å². The van der Waals surface area contributed by atoms with Crippen molar-refractivity contribution in [2.24, 2.45) is 0 Å². The van der Waals surface area contributed by atoms with Gasteiger partial charge in [0.15, 0.2) is 9.84 Å². The fourth-order valence-corrected chi connectivity index (χ4v) is 5.73. The number of benzene rings is 1. The zero-order valence-corrected chi connectivity index (χ0v) is 14.8. The molecule has 8 heteroatoms. The van der Waals surface area contributed by atoms with E-state index in [0.29, 0.717) is 15.6 Å². The van der Waals surface area contributed by atoms with E-state index in [1.165, 1.54) is 16.7 Å². The monoisotopic (exact) mass is 369 g/mol. The van der Waals surface area contributed by atoms with E-state index < -0.39 is 9.84 Å².